The summed E-state index contributed by atoms with van der Waals surface area (Å²) in [5.41, 5.74) is -0.862. The first-order valence-electron chi connectivity index (χ1n) is 7.34. The van der Waals surface area contributed by atoms with E-state index in [9.17, 15) is 19.2 Å². The number of aromatic amines is 1. The van der Waals surface area contributed by atoms with Crippen LogP contribution < -0.4 is 16.1 Å². The number of benzene rings is 1. The maximum atomic E-state index is 12.0. The molecule has 0 unspecified atom stereocenters. The molecule has 1 aromatic heterocycles. The molecule has 0 atom stereocenters. The molecule has 9 nitrogen and oxygen atoms in total. The fourth-order valence-electron chi connectivity index (χ4n) is 2.10. The van der Waals surface area contributed by atoms with Crippen molar-refractivity contribution in [2.45, 2.75) is 6.92 Å². The number of anilines is 1. The van der Waals surface area contributed by atoms with E-state index in [-0.39, 0.29) is 12.2 Å². The molecule has 0 aliphatic heterocycles. The lowest BCUT2D eigenvalue weighted by atomic mass is 10.2. The van der Waals surface area contributed by atoms with E-state index in [1.807, 2.05) is 0 Å². The molecule has 1 heterocycles. The molecule has 1 N–H and O–H groups in total. The summed E-state index contributed by atoms with van der Waals surface area (Å²) in [6.07, 6.45) is 0.580. The minimum Gasteiger partial charge on any atom is -0.462 e. The lowest BCUT2D eigenvalue weighted by molar-refractivity contribution is 0.0523. The monoisotopic (exact) mass is 347 g/mol. The zero-order chi connectivity index (χ0) is 18.6. The van der Waals surface area contributed by atoms with Gasteiger partial charge in [0.2, 0.25) is 0 Å². The Morgan fingerprint density at radius 2 is 1.84 bits per heavy atom. The van der Waals surface area contributed by atoms with Crippen LogP contribution in [0.4, 0.5) is 10.5 Å². The third-order valence-electron chi connectivity index (χ3n) is 3.40. The summed E-state index contributed by atoms with van der Waals surface area (Å²) in [7, 11) is 2.80. The number of methoxy groups -OCH3 is 1. The minimum atomic E-state index is -0.820. The second kappa shape index (κ2) is 7.47. The number of nitrogens with zero attached hydrogens (tertiary/aromatic N) is 2. The Bertz CT molecular complexity index is 897. The number of nitrogens with one attached hydrogen (secondary N) is 1. The number of rotatable bonds is 4. The molecular weight excluding hydrogens is 330 g/mol. The van der Waals surface area contributed by atoms with E-state index >= 15 is 0 Å². The van der Waals surface area contributed by atoms with Crippen LogP contribution in [-0.4, -0.2) is 42.4 Å². The van der Waals surface area contributed by atoms with Gasteiger partial charge in [-0.1, -0.05) is 0 Å². The van der Waals surface area contributed by atoms with Crippen LogP contribution in [0.2, 0.25) is 0 Å². The number of hydrogen-bond acceptors (Lipinski definition) is 6. The quantitative estimate of drug-likeness (QED) is 0.823. The van der Waals surface area contributed by atoms with Gasteiger partial charge in [0.25, 0.3) is 5.56 Å². The normalized spacial score (nSPS) is 10.2. The van der Waals surface area contributed by atoms with E-state index in [1.54, 1.807) is 31.2 Å². The fraction of sp³-hybridized carbons (Fsp3) is 0.250. The van der Waals surface area contributed by atoms with Gasteiger partial charge in [0.1, 0.15) is 5.56 Å². The number of ether oxygens (including phenoxy) is 2. The van der Waals surface area contributed by atoms with E-state index in [1.165, 1.54) is 19.1 Å². The van der Waals surface area contributed by atoms with Crippen LogP contribution in [0.25, 0.3) is 5.69 Å². The summed E-state index contributed by atoms with van der Waals surface area (Å²) < 4.78 is 10.5. The molecule has 0 spiro atoms. The molecule has 0 saturated heterocycles. The lowest BCUT2D eigenvalue weighted by Gasteiger charge is -2.16. The molecule has 0 aliphatic carbocycles. The van der Waals surface area contributed by atoms with Gasteiger partial charge >= 0.3 is 17.8 Å². The highest BCUT2D eigenvalue weighted by Gasteiger charge is 2.15. The zero-order valence-electron chi connectivity index (χ0n) is 13.9. The molecule has 1 aromatic carbocycles. The summed E-state index contributed by atoms with van der Waals surface area (Å²) in [5.74, 6) is -0.820. The molecule has 0 bridgehead atoms. The van der Waals surface area contributed by atoms with Crippen LogP contribution in [0.3, 0.4) is 0 Å². The predicted molar refractivity (Wildman–Crippen MR) is 89.4 cm³/mol. The minimum absolute atomic E-state index is 0.103. The summed E-state index contributed by atoms with van der Waals surface area (Å²) in [6.45, 7) is 1.71. The number of hydrogen-bond donors (Lipinski definition) is 1. The van der Waals surface area contributed by atoms with E-state index in [2.05, 4.69) is 9.72 Å². The van der Waals surface area contributed by atoms with Crippen molar-refractivity contribution in [1.82, 2.24) is 9.55 Å². The van der Waals surface area contributed by atoms with Gasteiger partial charge in [0.05, 0.1) is 19.4 Å². The molecule has 25 heavy (non-hydrogen) atoms. The Balaban J connectivity index is 2.43. The predicted octanol–water partition coefficient (Wildman–Crippen LogP) is 0.905. The third-order valence-corrected chi connectivity index (χ3v) is 3.40. The number of carbonyl (C=O) groups excluding carboxylic acids is 2. The molecule has 2 rings (SSSR count). The molecule has 0 aliphatic rings. The van der Waals surface area contributed by atoms with Crippen molar-refractivity contribution in [3.63, 3.8) is 0 Å². The largest absolute Gasteiger partial charge is 0.462 e. The van der Waals surface area contributed by atoms with Crippen LogP contribution >= 0.6 is 0 Å². The third kappa shape index (κ3) is 3.77. The number of carbonyl (C=O) groups is 2. The van der Waals surface area contributed by atoms with Crippen molar-refractivity contribution in [2.24, 2.45) is 0 Å². The summed E-state index contributed by atoms with van der Waals surface area (Å²) in [5, 5.41) is 0. The molecule has 1 amide bonds. The van der Waals surface area contributed by atoms with E-state index in [0.717, 1.165) is 10.8 Å². The highest BCUT2D eigenvalue weighted by atomic mass is 16.5. The van der Waals surface area contributed by atoms with Gasteiger partial charge < -0.3 is 9.47 Å². The second-order valence-corrected chi connectivity index (χ2v) is 4.94. The lowest BCUT2D eigenvalue weighted by Crippen LogP contribution is -2.33. The maximum Gasteiger partial charge on any atom is 0.413 e. The highest BCUT2D eigenvalue weighted by molar-refractivity contribution is 5.88. The summed E-state index contributed by atoms with van der Waals surface area (Å²) >= 11 is 0. The summed E-state index contributed by atoms with van der Waals surface area (Å²) in [4.78, 5) is 50.4. The average molecular weight is 347 g/mol. The first-order valence-corrected chi connectivity index (χ1v) is 7.34. The van der Waals surface area contributed by atoms with Crippen LogP contribution in [0, 0.1) is 0 Å². The number of aromatic nitrogens is 2. The van der Waals surface area contributed by atoms with Crippen molar-refractivity contribution in [2.75, 3.05) is 25.7 Å². The smallest absolute Gasteiger partial charge is 0.413 e. The second-order valence-electron chi connectivity index (χ2n) is 4.94. The molecule has 9 heteroatoms. The van der Waals surface area contributed by atoms with Gasteiger partial charge in [0.15, 0.2) is 0 Å². The topological polar surface area (TPSA) is 111 Å². The Kier molecular flexibility index (Phi) is 5.38. The maximum absolute atomic E-state index is 12.0. The van der Waals surface area contributed by atoms with Crippen molar-refractivity contribution in [3.05, 3.63) is 56.9 Å². The van der Waals surface area contributed by atoms with Gasteiger partial charge in [-0.3, -0.25) is 19.2 Å². The van der Waals surface area contributed by atoms with Gasteiger partial charge in [-0.15, -0.1) is 0 Å². The van der Waals surface area contributed by atoms with E-state index in [4.69, 9.17) is 4.74 Å². The van der Waals surface area contributed by atoms with Crippen LogP contribution in [-0.2, 0) is 9.47 Å². The first kappa shape index (κ1) is 18.0. The van der Waals surface area contributed by atoms with Gasteiger partial charge in [-0.05, 0) is 31.2 Å². The first-order chi connectivity index (χ1) is 11.9. The van der Waals surface area contributed by atoms with Crippen LogP contribution in [0.1, 0.15) is 17.3 Å². The van der Waals surface area contributed by atoms with Gasteiger partial charge in [-0.25, -0.2) is 14.4 Å². The van der Waals surface area contributed by atoms with Crippen molar-refractivity contribution in [1.29, 1.82) is 0 Å². The summed E-state index contributed by atoms with van der Waals surface area (Å²) in [6, 6.07) is 6.30. The fourth-order valence-corrected chi connectivity index (χ4v) is 2.10. The van der Waals surface area contributed by atoms with Gasteiger partial charge in [0, 0.05) is 18.9 Å². The molecule has 2 aromatic rings. The van der Waals surface area contributed by atoms with E-state index in [0.29, 0.717) is 11.4 Å². The standard InChI is InChI=1S/C16H17N3O6/c1-4-25-14(21)12-9-19(15(22)17-13(12)20)11-7-5-10(6-8-11)18(2)16(23)24-3/h5-9H,4H2,1-3H3,(H,17,20,22). The molecule has 0 radical (unpaired) electrons. The number of amides is 1. The average Bonchev–Trinajstić information content (AvgIpc) is 2.61. The van der Waals surface area contributed by atoms with Crippen molar-refractivity contribution < 1.29 is 19.1 Å². The Morgan fingerprint density at radius 1 is 1.20 bits per heavy atom. The van der Waals surface area contributed by atoms with Crippen LogP contribution in [0.5, 0.6) is 0 Å². The number of H-pyrrole nitrogens is 1. The Labute approximate surface area is 142 Å². The SMILES string of the molecule is CCOC(=O)c1cn(-c2ccc(N(C)C(=O)OC)cc2)c(=O)[nH]c1=O. The van der Waals surface area contributed by atoms with Crippen molar-refractivity contribution >= 4 is 17.7 Å². The number of esters is 1. The molecule has 0 saturated carbocycles. The van der Waals surface area contributed by atoms with Crippen molar-refractivity contribution in [3.8, 4) is 5.69 Å². The molecular formula is C16H17N3O6. The highest BCUT2D eigenvalue weighted by Crippen LogP contribution is 2.16. The Morgan fingerprint density at radius 3 is 2.40 bits per heavy atom. The van der Waals surface area contributed by atoms with Crippen LogP contribution in [0.15, 0.2) is 40.1 Å². The zero-order valence-corrected chi connectivity index (χ0v) is 13.9. The Hall–Kier alpha value is -3.36. The van der Waals surface area contributed by atoms with Gasteiger partial charge in [-0.2, -0.15) is 0 Å². The van der Waals surface area contributed by atoms with E-state index < -0.39 is 23.3 Å². The molecule has 132 valence electrons. The molecule has 0 fully saturated rings.